The summed E-state index contributed by atoms with van der Waals surface area (Å²) in [5, 5.41) is 21.5. The Hall–Kier alpha value is -9.62. The van der Waals surface area contributed by atoms with Crippen molar-refractivity contribution < 1.29 is 0 Å². The van der Waals surface area contributed by atoms with E-state index in [0.29, 0.717) is 11.3 Å². The Kier molecular flexibility index (Phi) is 15.2. The molecule has 0 spiro atoms. The maximum absolute atomic E-state index is 12.3. The van der Waals surface area contributed by atoms with Crippen LogP contribution in [0.2, 0.25) is 0 Å². The van der Waals surface area contributed by atoms with Crippen molar-refractivity contribution in [2.45, 2.75) is 209 Å². The van der Waals surface area contributed by atoms with Gasteiger partial charge >= 0.3 is 0 Å². The zero-order valence-electron chi connectivity index (χ0n) is 63.8. The molecule has 0 saturated carbocycles. The molecule has 4 aromatic heterocycles. The van der Waals surface area contributed by atoms with Gasteiger partial charge in [0.2, 0.25) is 5.69 Å². The predicted molar refractivity (Wildman–Crippen MR) is 430 cm³/mol. The molecule has 10 aromatic carbocycles. The molecule has 0 aliphatic rings. The maximum atomic E-state index is 12.3. The maximum Gasteiger partial charge on any atom is 0.211 e. The van der Waals surface area contributed by atoms with E-state index in [1.807, 2.05) is 0 Å². The van der Waals surface area contributed by atoms with E-state index in [1.54, 1.807) is 0 Å². The monoisotopic (exact) mass is 1310 g/mol. The molecule has 0 aliphatic carbocycles. The largest absolute Gasteiger partial charge is 0.319 e. The third-order valence-corrected chi connectivity index (χ3v) is 21.7. The molecule has 100 heavy (non-hydrogen) atoms. The number of hydrogen-bond donors (Lipinski definition) is 0. The first-order valence-electron chi connectivity index (χ1n) is 36.1. The second-order valence-electron chi connectivity index (χ2n) is 37.2. The number of nitriles is 1. The second kappa shape index (κ2) is 22.4. The normalized spacial score (nSPS) is 13.4. The van der Waals surface area contributed by atoms with Crippen LogP contribution in [0.25, 0.3) is 126 Å². The highest BCUT2D eigenvalue weighted by molar-refractivity contribution is 6.15. The van der Waals surface area contributed by atoms with Gasteiger partial charge in [0.15, 0.2) is 0 Å². The summed E-state index contributed by atoms with van der Waals surface area (Å²) in [4.78, 5) is 4.68. The average Bonchev–Trinajstić information content (AvgIpc) is 1.53. The van der Waals surface area contributed by atoms with Gasteiger partial charge in [0.1, 0.15) is 6.07 Å². The van der Waals surface area contributed by atoms with E-state index in [1.165, 1.54) is 44.5 Å². The minimum absolute atomic E-state index is 0.111. The van der Waals surface area contributed by atoms with E-state index in [4.69, 9.17) is 0 Å². The molecule has 0 unspecified atom stereocenters. The van der Waals surface area contributed by atoms with Gasteiger partial charge in [-0.25, -0.2) is 4.85 Å². The van der Waals surface area contributed by atoms with Crippen LogP contribution in [0.4, 0.5) is 5.69 Å². The van der Waals surface area contributed by atoms with Crippen molar-refractivity contribution in [2.24, 2.45) is 0 Å². The number of benzene rings is 10. The molecule has 6 heteroatoms. The standard InChI is InChI=1S/C94H100N6/c1-87(2,3)56-26-34-75-65(43-56)66-44-57(88(4,5)6)27-35-76(66)97(75)83-52-84(98-77-36-28-58(89(7,8)9)45-67(77)68-46-59(90(10,11)12)29-37-78(68)98)64(42-55(83)54-95)73-51-74(96-25)86(100-81-40-32-62(93(19,20)21)49-71(81)72-50-63(94(22,23)24)33-41-82(72)100)53-85(73)99-79-38-30-60(91(13,14)15)47-69(79)70-48-61(92(16,17)18)31-39-80(70)99/h26-53H,1-24H3. The number of nitrogens with zero attached hydrogens (tertiary/aromatic N) is 6. The van der Waals surface area contributed by atoms with Gasteiger partial charge in [0.25, 0.3) is 0 Å². The molecule has 0 atom stereocenters. The fraction of sp³-hybridized carbons (Fsp3) is 0.340. The quantitative estimate of drug-likeness (QED) is 0.158. The predicted octanol–water partition coefficient (Wildman–Crippen LogP) is 26.5. The summed E-state index contributed by atoms with van der Waals surface area (Å²) in [5.74, 6) is 0. The van der Waals surface area contributed by atoms with Crippen LogP contribution in [-0.4, -0.2) is 18.3 Å². The van der Waals surface area contributed by atoms with Gasteiger partial charge in [-0.2, -0.15) is 5.26 Å². The lowest BCUT2D eigenvalue weighted by Gasteiger charge is -2.24. The van der Waals surface area contributed by atoms with E-state index >= 15 is 0 Å². The summed E-state index contributed by atoms with van der Waals surface area (Å²) in [6.07, 6.45) is 0. The Morgan fingerprint density at radius 1 is 0.250 bits per heavy atom. The molecule has 0 N–H and O–H groups in total. The molecule has 6 nitrogen and oxygen atoms in total. The average molecular weight is 1310 g/mol. The van der Waals surface area contributed by atoms with Gasteiger partial charge in [-0.15, -0.1) is 0 Å². The third kappa shape index (κ3) is 11.1. The first-order chi connectivity index (χ1) is 46.5. The van der Waals surface area contributed by atoms with E-state index in [9.17, 15) is 11.8 Å². The molecule has 0 bridgehead atoms. The molecule has 0 amide bonds. The van der Waals surface area contributed by atoms with Gasteiger partial charge in [0, 0.05) is 48.7 Å². The van der Waals surface area contributed by atoms with E-state index in [2.05, 4.69) is 365 Å². The van der Waals surface area contributed by atoms with Crippen LogP contribution in [0.5, 0.6) is 0 Å². The van der Waals surface area contributed by atoms with Gasteiger partial charge < -0.3 is 18.3 Å². The van der Waals surface area contributed by atoms with Crippen LogP contribution in [0.15, 0.2) is 170 Å². The highest BCUT2D eigenvalue weighted by atomic mass is 15.0. The van der Waals surface area contributed by atoms with Crippen molar-refractivity contribution in [3.8, 4) is 39.9 Å². The fourth-order valence-corrected chi connectivity index (χ4v) is 15.4. The minimum Gasteiger partial charge on any atom is -0.319 e. The number of aromatic nitrogens is 4. The molecule has 0 radical (unpaired) electrons. The van der Waals surface area contributed by atoms with Crippen molar-refractivity contribution in [3.63, 3.8) is 0 Å². The Balaban J connectivity index is 1.21. The van der Waals surface area contributed by atoms with E-state index < -0.39 is 0 Å². The lowest BCUT2D eigenvalue weighted by Crippen LogP contribution is -2.11. The first kappa shape index (κ1) is 67.6. The lowest BCUT2D eigenvalue weighted by atomic mass is 9.85. The van der Waals surface area contributed by atoms with Crippen molar-refractivity contribution >= 4 is 92.9 Å². The molecule has 0 fully saturated rings. The van der Waals surface area contributed by atoms with Crippen molar-refractivity contribution in [1.82, 2.24) is 18.3 Å². The third-order valence-electron chi connectivity index (χ3n) is 21.7. The SMILES string of the molecule is [C-]#[N+]c1cc(-c2cc(C#N)c(-n3c4ccc(C(C)(C)C)cc4c4cc(C(C)(C)C)ccc43)cc2-n2c3ccc(C(C)(C)C)cc3c3cc(C(C)(C)C)ccc32)c(-n2c3ccc(C(C)(C)C)cc3c3cc(C(C)(C)C)ccc32)cc1-n1c2ccc(C(C)(C)C)cc2c2cc(C(C)(C)C)ccc21. The van der Waals surface area contributed by atoms with Crippen molar-refractivity contribution in [1.29, 1.82) is 5.26 Å². The molecule has 0 aliphatic heterocycles. The number of hydrogen-bond acceptors (Lipinski definition) is 1. The summed E-state index contributed by atoms with van der Waals surface area (Å²) in [7, 11) is 0. The van der Waals surface area contributed by atoms with Gasteiger partial charge in [0.05, 0.1) is 79.0 Å². The second-order valence-corrected chi connectivity index (χ2v) is 37.2. The van der Waals surface area contributed by atoms with Gasteiger partial charge in [-0.05, 0) is 215 Å². The molecule has 14 rings (SSSR count). The van der Waals surface area contributed by atoms with Crippen LogP contribution >= 0.6 is 0 Å². The summed E-state index contributed by atoms with van der Waals surface area (Å²) in [5.41, 5.74) is 23.4. The minimum atomic E-state index is -0.135. The lowest BCUT2D eigenvalue weighted by molar-refractivity contribution is 0.590. The number of fused-ring (bicyclic) bond motifs is 12. The highest BCUT2D eigenvalue weighted by Gasteiger charge is 2.32. The molecule has 4 heterocycles. The molecular weight excluding hydrogens is 1210 g/mol. The van der Waals surface area contributed by atoms with E-state index in [0.717, 1.165) is 121 Å². The van der Waals surface area contributed by atoms with Crippen LogP contribution in [-0.2, 0) is 43.3 Å². The first-order valence-corrected chi connectivity index (χ1v) is 36.1. The van der Waals surface area contributed by atoms with Crippen LogP contribution < -0.4 is 0 Å². The Morgan fingerprint density at radius 3 is 0.640 bits per heavy atom. The molecular formula is C94H100N6. The summed E-state index contributed by atoms with van der Waals surface area (Å²) in [6, 6.07) is 67.9. The highest BCUT2D eigenvalue weighted by Crippen LogP contribution is 2.50. The van der Waals surface area contributed by atoms with Crippen molar-refractivity contribution in [3.05, 3.63) is 231 Å². The zero-order chi connectivity index (χ0) is 72.0. The molecule has 506 valence electrons. The summed E-state index contributed by atoms with van der Waals surface area (Å²) in [6.45, 7) is 64.7. The molecule has 0 saturated heterocycles. The van der Waals surface area contributed by atoms with Crippen molar-refractivity contribution in [2.75, 3.05) is 0 Å². The van der Waals surface area contributed by atoms with E-state index in [-0.39, 0.29) is 43.3 Å². The zero-order valence-corrected chi connectivity index (χ0v) is 63.8. The van der Waals surface area contributed by atoms with Crippen LogP contribution in [0.1, 0.15) is 216 Å². The fourth-order valence-electron chi connectivity index (χ4n) is 15.4. The summed E-state index contributed by atoms with van der Waals surface area (Å²) < 4.78 is 9.68. The molecule has 14 aromatic rings. The van der Waals surface area contributed by atoms with Gasteiger partial charge in [-0.1, -0.05) is 215 Å². The Bertz CT molecular complexity index is 5210. The topological polar surface area (TPSA) is 47.9 Å². The van der Waals surface area contributed by atoms with Crippen LogP contribution in [0.3, 0.4) is 0 Å². The Labute approximate surface area is 593 Å². The smallest absolute Gasteiger partial charge is 0.211 e. The number of rotatable bonds is 5. The van der Waals surface area contributed by atoms with Crippen LogP contribution in [0, 0.1) is 17.9 Å². The summed E-state index contributed by atoms with van der Waals surface area (Å²) >= 11 is 0. The Morgan fingerprint density at radius 2 is 0.440 bits per heavy atom. The van der Waals surface area contributed by atoms with Gasteiger partial charge in [-0.3, -0.25) is 0 Å².